The summed E-state index contributed by atoms with van der Waals surface area (Å²) in [5.41, 5.74) is 3.70. The van der Waals surface area contributed by atoms with Gasteiger partial charge in [-0.05, 0) is 12.1 Å². The summed E-state index contributed by atoms with van der Waals surface area (Å²) in [5, 5.41) is 20.2. The van der Waals surface area contributed by atoms with Crippen LogP contribution in [0.5, 0.6) is 0 Å². The molecule has 0 radical (unpaired) electrons. The number of benzene rings is 1. The summed E-state index contributed by atoms with van der Waals surface area (Å²) in [7, 11) is 0. The lowest BCUT2D eigenvalue weighted by molar-refractivity contribution is 0.0371. The molecule has 1 aromatic rings. The molecular formula is C9H12N2O2. The second kappa shape index (κ2) is 3.33. The topological polar surface area (TPSA) is 55.7 Å². The number of aliphatic hydroxyl groups is 2. The van der Waals surface area contributed by atoms with Gasteiger partial charge in [0.05, 0.1) is 12.2 Å². The number of aliphatic hydroxyl groups excluding tert-OH is 2. The van der Waals surface area contributed by atoms with E-state index in [-0.39, 0.29) is 0 Å². The zero-order valence-corrected chi connectivity index (χ0v) is 7.09. The first-order valence-electron chi connectivity index (χ1n) is 4.22. The minimum absolute atomic E-state index is 0.408. The van der Waals surface area contributed by atoms with Crippen molar-refractivity contribution in [3.05, 3.63) is 30.3 Å². The average Bonchev–Trinajstić information content (AvgIpc) is 2.49. The molecule has 2 rings (SSSR count). The molecule has 1 saturated heterocycles. The largest absolute Gasteiger partial charge is 0.387 e. The summed E-state index contributed by atoms with van der Waals surface area (Å²) < 4.78 is 0. The molecule has 1 aromatic carbocycles. The summed E-state index contributed by atoms with van der Waals surface area (Å²) in [6.45, 7) is 0.408. The number of hydrazine groups is 1. The van der Waals surface area contributed by atoms with E-state index in [4.69, 9.17) is 0 Å². The smallest absolute Gasteiger partial charge is 0.149 e. The fourth-order valence-corrected chi connectivity index (χ4v) is 1.37. The Morgan fingerprint density at radius 1 is 1.23 bits per heavy atom. The molecule has 1 aliphatic rings. The quantitative estimate of drug-likeness (QED) is 0.555. The molecule has 3 N–H and O–H groups in total. The minimum atomic E-state index is -0.861. The van der Waals surface area contributed by atoms with E-state index in [2.05, 4.69) is 5.43 Å². The third kappa shape index (κ3) is 1.65. The van der Waals surface area contributed by atoms with E-state index in [9.17, 15) is 10.2 Å². The number of para-hydroxylation sites is 1. The number of hydrogen-bond acceptors (Lipinski definition) is 4. The van der Waals surface area contributed by atoms with E-state index in [1.54, 1.807) is 5.01 Å². The van der Waals surface area contributed by atoms with Gasteiger partial charge in [-0.1, -0.05) is 18.2 Å². The summed E-state index contributed by atoms with van der Waals surface area (Å²) in [4.78, 5) is 0. The highest BCUT2D eigenvalue weighted by Crippen LogP contribution is 2.15. The number of β-amino-alcohol motifs (C(OH)–C–C–N with tert-alkyl or cyclic N) is 1. The maximum Gasteiger partial charge on any atom is 0.149 e. The second-order valence-corrected chi connectivity index (χ2v) is 3.09. The summed E-state index contributed by atoms with van der Waals surface area (Å²) >= 11 is 0. The van der Waals surface area contributed by atoms with Gasteiger partial charge in [-0.3, -0.25) is 0 Å². The monoisotopic (exact) mass is 180 g/mol. The summed E-state index contributed by atoms with van der Waals surface area (Å²) in [5.74, 6) is 0. The van der Waals surface area contributed by atoms with Crippen LogP contribution in [0.1, 0.15) is 0 Å². The first-order valence-corrected chi connectivity index (χ1v) is 4.22. The van der Waals surface area contributed by atoms with Gasteiger partial charge in [0.25, 0.3) is 0 Å². The van der Waals surface area contributed by atoms with Crippen molar-refractivity contribution in [1.82, 2.24) is 5.43 Å². The lowest BCUT2D eigenvalue weighted by Crippen LogP contribution is -2.36. The molecule has 70 valence electrons. The molecule has 0 aromatic heterocycles. The van der Waals surface area contributed by atoms with Crippen LogP contribution in [0.25, 0.3) is 0 Å². The normalized spacial score (nSPS) is 28.0. The van der Waals surface area contributed by atoms with Crippen molar-refractivity contribution in [2.75, 3.05) is 11.6 Å². The maximum atomic E-state index is 9.28. The lowest BCUT2D eigenvalue weighted by Gasteiger charge is -2.17. The van der Waals surface area contributed by atoms with Crippen molar-refractivity contribution in [3.8, 4) is 0 Å². The molecule has 1 heterocycles. The number of rotatable bonds is 1. The number of hydrogen-bond donors (Lipinski definition) is 3. The summed E-state index contributed by atoms with van der Waals surface area (Å²) in [6.07, 6.45) is -1.58. The van der Waals surface area contributed by atoms with Gasteiger partial charge < -0.3 is 15.2 Å². The predicted molar refractivity (Wildman–Crippen MR) is 48.9 cm³/mol. The van der Waals surface area contributed by atoms with Crippen LogP contribution in [0.15, 0.2) is 30.3 Å². The van der Waals surface area contributed by atoms with Gasteiger partial charge in [0, 0.05) is 0 Å². The first kappa shape index (κ1) is 8.50. The van der Waals surface area contributed by atoms with Crippen LogP contribution in [0.3, 0.4) is 0 Å². The van der Waals surface area contributed by atoms with E-state index in [0.29, 0.717) is 6.54 Å². The third-order valence-corrected chi connectivity index (χ3v) is 2.09. The van der Waals surface area contributed by atoms with Gasteiger partial charge in [-0.15, -0.1) is 0 Å². The first-order chi connectivity index (χ1) is 6.27. The fourth-order valence-electron chi connectivity index (χ4n) is 1.37. The van der Waals surface area contributed by atoms with Crippen molar-refractivity contribution in [2.45, 2.75) is 12.3 Å². The molecule has 0 bridgehead atoms. The molecule has 0 spiro atoms. The zero-order chi connectivity index (χ0) is 9.26. The van der Waals surface area contributed by atoms with Crippen molar-refractivity contribution < 1.29 is 10.2 Å². The molecule has 0 amide bonds. The van der Waals surface area contributed by atoms with Crippen molar-refractivity contribution in [3.63, 3.8) is 0 Å². The van der Waals surface area contributed by atoms with Gasteiger partial charge >= 0.3 is 0 Å². The van der Waals surface area contributed by atoms with Gasteiger partial charge in [-0.2, -0.15) is 0 Å². The Kier molecular flexibility index (Phi) is 2.18. The van der Waals surface area contributed by atoms with E-state index in [1.807, 2.05) is 30.3 Å². The Balaban J connectivity index is 2.12. The van der Waals surface area contributed by atoms with Crippen LogP contribution < -0.4 is 10.4 Å². The zero-order valence-electron chi connectivity index (χ0n) is 7.09. The van der Waals surface area contributed by atoms with Crippen LogP contribution >= 0.6 is 0 Å². The highest BCUT2D eigenvalue weighted by molar-refractivity contribution is 5.45. The van der Waals surface area contributed by atoms with Crippen LogP contribution in [-0.4, -0.2) is 29.1 Å². The highest BCUT2D eigenvalue weighted by Gasteiger charge is 2.28. The van der Waals surface area contributed by atoms with Crippen LogP contribution in [-0.2, 0) is 0 Å². The van der Waals surface area contributed by atoms with Crippen LogP contribution in [0.4, 0.5) is 5.69 Å². The number of nitrogens with one attached hydrogen (secondary N) is 1. The van der Waals surface area contributed by atoms with Crippen molar-refractivity contribution >= 4 is 5.69 Å². The molecule has 0 saturated carbocycles. The Labute approximate surface area is 76.4 Å². The molecular weight excluding hydrogens is 168 g/mol. The molecule has 13 heavy (non-hydrogen) atoms. The molecule has 2 atom stereocenters. The molecule has 4 nitrogen and oxygen atoms in total. The Hall–Kier alpha value is -1.10. The number of anilines is 1. The standard InChI is InChI=1S/C9H12N2O2/c12-8-6-11(10-9(8)13)7-4-2-1-3-5-7/h1-5,8-10,12-13H,6H2. The summed E-state index contributed by atoms with van der Waals surface area (Å²) in [6, 6.07) is 9.57. The van der Waals surface area contributed by atoms with E-state index in [1.165, 1.54) is 0 Å². The molecule has 4 heteroatoms. The van der Waals surface area contributed by atoms with E-state index in [0.717, 1.165) is 5.69 Å². The van der Waals surface area contributed by atoms with Crippen LogP contribution in [0.2, 0.25) is 0 Å². The molecule has 2 unspecified atom stereocenters. The van der Waals surface area contributed by atoms with Crippen molar-refractivity contribution in [2.24, 2.45) is 0 Å². The van der Waals surface area contributed by atoms with Gasteiger partial charge in [0.2, 0.25) is 0 Å². The Morgan fingerprint density at radius 2 is 1.92 bits per heavy atom. The Bertz CT molecular complexity index is 268. The molecule has 1 fully saturated rings. The van der Waals surface area contributed by atoms with Gasteiger partial charge in [0.1, 0.15) is 12.3 Å². The lowest BCUT2D eigenvalue weighted by atomic mass is 10.3. The Morgan fingerprint density at radius 3 is 2.46 bits per heavy atom. The number of nitrogens with zero attached hydrogens (tertiary/aromatic N) is 1. The maximum absolute atomic E-state index is 9.28. The second-order valence-electron chi connectivity index (χ2n) is 3.09. The molecule has 0 aliphatic carbocycles. The highest BCUT2D eigenvalue weighted by atomic mass is 16.4. The predicted octanol–water partition coefficient (Wildman–Crippen LogP) is -0.309. The van der Waals surface area contributed by atoms with E-state index >= 15 is 0 Å². The SMILES string of the molecule is OC1CN(c2ccccc2)NC1O. The van der Waals surface area contributed by atoms with Crippen molar-refractivity contribution in [1.29, 1.82) is 0 Å². The van der Waals surface area contributed by atoms with Gasteiger partial charge in [-0.25, -0.2) is 5.43 Å². The molecule has 1 aliphatic heterocycles. The van der Waals surface area contributed by atoms with E-state index < -0.39 is 12.3 Å². The fraction of sp³-hybridized carbons (Fsp3) is 0.333. The van der Waals surface area contributed by atoms with Gasteiger partial charge in [0.15, 0.2) is 0 Å². The average molecular weight is 180 g/mol. The van der Waals surface area contributed by atoms with Crippen LogP contribution in [0, 0.1) is 0 Å². The minimum Gasteiger partial charge on any atom is -0.387 e. The third-order valence-electron chi connectivity index (χ3n) is 2.09.